The number of carbonyl (C=O) groups is 3. The van der Waals surface area contributed by atoms with Gasteiger partial charge in [-0.15, -0.1) is 0 Å². The highest BCUT2D eigenvalue weighted by atomic mass is 16.5. The van der Waals surface area contributed by atoms with Crippen molar-refractivity contribution in [1.29, 1.82) is 0 Å². The monoisotopic (exact) mass is 822 g/mol. The fourth-order valence-corrected chi connectivity index (χ4v) is 11.0. The first-order valence-electron chi connectivity index (χ1n) is 21.8. The zero-order valence-corrected chi connectivity index (χ0v) is 34.1. The lowest BCUT2D eigenvalue weighted by Crippen LogP contribution is -2.65. The number of nitrogen functional groups attached to an aromatic ring is 1. The normalized spacial score (nSPS) is 25.3. The van der Waals surface area contributed by atoms with Gasteiger partial charge in [0.15, 0.2) is 5.65 Å². The van der Waals surface area contributed by atoms with Gasteiger partial charge in [0.25, 0.3) is 11.8 Å². The lowest BCUT2D eigenvalue weighted by Gasteiger charge is -2.53. The van der Waals surface area contributed by atoms with Gasteiger partial charge in [0.05, 0.1) is 35.2 Å². The summed E-state index contributed by atoms with van der Waals surface area (Å²) >= 11 is 0. The number of hydrogen-bond donors (Lipinski definition) is 2. The van der Waals surface area contributed by atoms with E-state index in [1.54, 1.807) is 6.07 Å². The van der Waals surface area contributed by atoms with Crippen LogP contribution >= 0.6 is 0 Å². The van der Waals surface area contributed by atoms with Crippen LogP contribution in [0, 0.1) is 0 Å². The van der Waals surface area contributed by atoms with Gasteiger partial charge in [-0.2, -0.15) is 5.10 Å². The molecule has 0 spiro atoms. The first-order chi connectivity index (χ1) is 29.9. The summed E-state index contributed by atoms with van der Waals surface area (Å²) in [5.41, 5.74) is 10.9. The van der Waals surface area contributed by atoms with Crippen molar-refractivity contribution in [3.8, 4) is 22.8 Å². The predicted octanol–water partition coefficient (Wildman–Crippen LogP) is 5.24. The van der Waals surface area contributed by atoms with Crippen LogP contribution in [0.1, 0.15) is 78.1 Å². The number of piperidine rings is 2. The average molecular weight is 823 g/mol. The van der Waals surface area contributed by atoms with Gasteiger partial charge in [0.1, 0.15) is 36.1 Å². The lowest BCUT2D eigenvalue weighted by atomic mass is 9.90. The summed E-state index contributed by atoms with van der Waals surface area (Å²) in [6, 6.07) is 25.3. The molecule has 3 N–H and O–H groups in total. The first kappa shape index (κ1) is 38.1. The fraction of sp³-hybridized carbons (Fsp3) is 0.435. The number of rotatable bonds is 8. The average Bonchev–Trinajstić information content (AvgIpc) is 3.85. The van der Waals surface area contributed by atoms with E-state index in [0.717, 1.165) is 78.5 Å². The molecule has 0 aliphatic carbocycles. The highest BCUT2D eigenvalue weighted by Gasteiger charge is 2.49. The quantitative estimate of drug-likeness (QED) is 0.196. The number of imide groups is 1. The molecule has 2 aromatic heterocycles. The Labute approximate surface area is 353 Å². The Balaban J connectivity index is 0.711. The molecule has 3 amide bonds. The summed E-state index contributed by atoms with van der Waals surface area (Å²) in [5.74, 6) is 1.24. The van der Waals surface area contributed by atoms with Gasteiger partial charge in [-0.3, -0.25) is 24.2 Å². The van der Waals surface area contributed by atoms with Crippen LogP contribution in [0.2, 0.25) is 0 Å². The van der Waals surface area contributed by atoms with Crippen molar-refractivity contribution in [1.82, 2.24) is 39.8 Å². The van der Waals surface area contributed by atoms with E-state index in [9.17, 15) is 14.4 Å². The van der Waals surface area contributed by atoms with Gasteiger partial charge < -0.3 is 30.3 Å². The van der Waals surface area contributed by atoms with Crippen molar-refractivity contribution >= 4 is 40.3 Å². The summed E-state index contributed by atoms with van der Waals surface area (Å²) in [5, 5.41) is 8.63. The smallest absolute Gasteiger partial charge is 0.261 e. The van der Waals surface area contributed by atoms with Gasteiger partial charge in [0, 0.05) is 68.0 Å². The largest absolute Gasteiger partial charge is 0.457 e. The third kappa shape index (κ3) is 6.88. The summed E-state index contributed by atoms with van der Waals surface area (Å²) in [6.45, 7) is 4.17. The Kier molecular flexibility index (Phi) is 9.69. The van der Waals surface area contributed by atoms with Crippen LogP contribution in [-0.2, 0) is 9.53 Å². The SMILES string of the molecule is Nc1ncnc2c1c(-c1ccc(Oc3ccccc3)cc1)nn2C1CCN(C2CC3CCC(C2)N3C2CN(c3ccc4c(c3)C(=O)N(C3CCC(=O)NCOC3)C4=O)C2)CC1. The number of fused-ring (bicyclic) bond motifs is 4. The Morgan fingerprint density at radius 2 is 1.48 bits per heavy atom. The number of benzene rings is 3. The topological polar surface area (TPSA) is 164 Å². The van der Waals surface area contributed by atoms with Gasteiger partial charge in [-0.05, 0) is 99.5 Å². The Hall–Kier alpha value is -5.90. The molecule has 3 atom stereocenters. The highest BCUT2D eigenvalue weighted by Crippen LogP contribution is 2.43. The molecule has 0 saturated carbocycles. The predicted molar refractivity (Wildman–Crippen MR) is 228 cm³/mol. The molecule has 3 aromatic carbocycles. The van der Waals surface area contributed by atoms with Crippen molar-refractivity contribution < 1.29 is 23.9 Å². The van der Waals surface area contributed by atoms with Crippen molar-refractivity contribution in [2.24, 2.45) is 0 Å². The molecule has 11 rings (SSSR count). The molecule has 15 heteroatoms. The van der Waals surface area contributed by atoms with E-state index >= 15 is 0 Å². The molecule has 5 aromatic rings. The van der Waals surface area contributed by atoms with Crippen molar-refractivity contribution in [3.63, 3.8) is 0 Å². The van der Waals surface area contributed by atoms with Crippen LogP contribution in [0.25, 0.3) is 22.3 Å². The van der Waals surface area contributed by atoms with Crippen LogP contribution in [0.15, 0.2) is 79.1 Å². The van der Waals surface area contributed by atoms with Gasteiger partial charge in [-0.25, -0.2) is 14.6 Å². The molecular formula is C46H50N10O5. The van der Waals surface area contributed by atoms with Crippen LogP contribution in [0.5, 0.6) is 11.5 Å². The van der Waals surface area contributed by atoms with Crippen LogP contribution in [0.4, 0.5) is 11.5 Å². The second kappa shape index (κ2) is 15.5. The number of ether oxygens (including phenoxy) is 2. The van der Waals surface area contributed by atoms with E-state index in [4.69, 9.17) is 25.3 Å². The number of carbonyl (C=O) groups excluding carboxylic acids is 3. The van der Waals surface area contributed by atoms with Crippen molar-refractivity contribution in [2.45, 2.75) is 87.6 Å². The van der Waals surface area contributed by atoms with Crippen LogP contribution < -0.4 is 20.7 Å². The van der Waals surface area contributed by atoms with E-state index in [2.05, 4.69) is 29.7 Å². The summed E-state index contributed by atoms with van der Waals surface area (Å²) in [7, 11) is 0. The number of likely N-dealkylation sites (tertiary alicyclic amines) is 1. The molecule has 15 nitrogen and oxygen atoms in total. The minimum absolute atomic E-state index is 0.0834. The minimum atomic E-state index is -0.462. The molecule has 3 unspecified atom stereocenters. The molecule has 0 radical (unpaired) electrons. The van der Waals surface area contributed by atoms with Gasteiger partial charge in [0.2, 0.25) is 5.91 Å². The Morgan fingerprint density at radius 3 is 2.25 bits per heavy atom. The maximum Gasteiger partial charge on any atom is 0.261 e. The third-order valence-corrected chi connectivity index (χ3v) is 14.1. The van der Waals surface area contributed by atoms with E-state index < -0.39 is 6.04 Å². The molecule has 8 heterocycles. The number of anilines is 2. The second-order valence-electron chi connectivity index (χ2n) is 17.5. The van der Waals surface area contributed by atoms with Crippen molar-refractivity contribution in [2.75, 3.05) is 50.2 Å². The van der Waals surface area contributed by atoms with E-state index in [1.807, 2.05) is 66.7 Å². The molecule has 61 heavy (non-hydrogen) atoms. The minimum Gasteiger partial charge on any atom is -0.457 e. The number of nitrogens with zero attached hydrogens (tertiary/aromatic N) is 8. The van der Waals surface area contributed by atoms with E-state index in [0.29, 0.717) is 47.5 Å². The Bertz CT molecular complexity index is 2470. The molecule has 2 bridgehead atoms. The van der Waals surface area contributed by atoms with Crippen LogP contribution in [-0.4, -0.2) is 122 Å². The number of nitrogens with one attached hydrogen (secondary N) is 1. The van der Waals surface area contributed by atoms with Gasteiger partial charge in [-0.1, -0.05) is 18.2 Å². The van der Waals surface area contributed by atoms with E-state index in [1.165, 1.54) is 36.9 Å². The second-order valence-corrected chi connectivity index (χ2v) is 17.5. The molecular weight excluding hydrogens is 773 g/mol. The standard InChI is InChI=1S/C46H50N10O5/c47-43-41-42(28-6-12-37(13-7-28)61-36-4-2-1-3-5-36)51-56(44(41)49-26-48-43)29-16-18-52(19-17-29)34-20-31-8-9-32(21-34)54(31)35-23-53(24-35)30-10-14-38-39(22-30)46(59)55(45(38)58)33-11-15-40(57)50-27-60-25-33/h1-7,10,12-14,22,26,29,31-35H,8-9,11,15-21,23-25,27H2,(H,50,57)(H2,47,48,49). The molecule has 5 fully saturated rings. The number of hydrogen-bond acceptors (Lipinski definition) is 12. The summed E-state index contributed by atoms with van der Waals surface area (Å²) in [4.78, 5) is 57.2. The van der Waals surface area contributed by atoms with Gasteiger partial charge >= 0.3 is 0 Å². The molecule has 6 aliphatic heterocycles. The molecule has 314 valence electrons. The number of nitrogens with two attached hydrogens (primary N) is 1. The Morgan fingerprint density at radius 1 is 0.738 bits per heavy atom. The molecule has 5 saturated heterocycles. The van der Waals surface area contributed by atoms with Crippen LogP contribution in [0.3, 0.4) is 0 Å². The maximum atomic E-state index is 13.6. The lowest BCUT2D eigenvalue weighted by molar-refractivity contribution is -0.124. The highest BCUT2D eigenvalue weighted by molar-refractivity contribution is 6.22. The zero-order chi connectivity index (χ0) is 41.2. The fourth-order valence-electron chi connectivity index (χ4n) is 11.0. The zero-order valence-electron chi connectivity index (χ0n) is 34.1. The molecule has 6 aliphatic rings. The van der Waals surface area contributed by atoms with E-state index in [-0.39, 0.29) is 43.5 Å². The van der Waals surface area contributed by atoms with Crippen molar-refractivity contribution in [3.05, 3.63) is 90.3 Å². The number of amides is 3. The number of aromatic nitrogens is 4. The first-order valence-corrected chi connectivity index (χ1v) is 21.8. The summed E-state index contributed by atoms with van der Waals surface area (Å²) < 4.78 is 13.7. The summed E-state index contributed by atoms with van der Waals surface area (Å²) in [6.07, 6.45) is 9.04. The number of para-hydroxylation sites is 1. The third-order valence-electron chi connectivity index (χ3n) is 14.1. The maximum absolute atomic E-state index is 13.6.